The third-order valence-electron chi connectivity index (χ3n) is 2.90. The summed E-state index contributed by atoms with van der Waals surface area (Å²) in [5.41, 5.74) is 1.23. The Hall–Kier alpha value is -0.0105. The van der Waals surface area contributed by atoms with Crippen LogP contribution in [0.4, 0.5) is 0 Å². The van der Waals surface area contributed by atoms with Gasteiger partial charge in [0.1, 0.15) is 0 Å². The van der Waals surface area contributed by atoms with Crippen LogP contribution in [0.25, 0.3) is 0 Å². The Bertz CT molecular complexity index is 248. The molecule has 3 heteroatoms. The van der Waals surface area contributed by atoms with Crippen LogP contribution in [0.5, 0.6) is 0 Å². The fourth-order valence-corrected chi connectivity index (χ4v) is 2.06. The van der Waals surface area contributed by atoms with Gasteiger partial charge >= 0.3 is 17.1 Å². The second kappa shape index (κ2) is 8.22. The van der Waals surface area contributed by atoms with Gasteiger partial charge in [-0.2, -0.15) is 5.10 Å². The third kappa shape index (κ3) is 4.59. The minimum absolute atomic E-state index is 0. The molecule has 1 aliphatic heterocycles. The van der Waals surface area contributed by atoms with Crippen molar-refractivity contribution >= 4 is 5.71 Å². The first kappa shape index (κ1) is 16.0. The molecule has 0 N–H and O–H groups in total. The van der Waals surface area contributed by atoms with Gasteiger partial charge in [0.25, 0.3) is 0 Å². The zero-order valence-corrected chi connectivity index (χ0v) is 11.8. The minimum atomic E-state index is 0. The van der Waals surface area contributed by atoms with E-state index in [2.05, 4.69) is 37.7 Å². The van der Waals surface area contributed by atoms with Crippen LogP contribution >= 0.6 is 0 Å². The smallest absolute Gasteiger partial charge is 0.296 e. The summed E-state index contributed by atoms with van der Waals surface area (Å²) in [4.78, 5) is 0. The summed E-state index contributed by atoms with van der Waals surface area (Å²) in [6, 6.07) is 0.472. The monoisotopic (exact) mass is 282 g/mol. The Labute approximate surface area is 123 Å². The van der Waals surface area contributed by atoms with Crippen molar-refractivity contribution in [3.05, 3.63) is 63.7 Å². The van der Waals surface area contributed by atoms with E-state index >= 15 is 0 Å². The summed E-state index contributed by atoms with van der Waals surface area (Å²) in [5.74, 6) is 1.37. The average molecular weight is 282 g/mol. The van der Waals surface area contributed by atoms with Crippen LogP contribution in [-0.4, -0.2) is 23.8 Å². The molecule has 0 spiro atoms. The summed E-state index contributed by atoms with van der Waals surface area (Å²) in [6.07, 6.45) is 19.6. The van der Waals surface area contributed by atoms with Crippen molar-refractivity contribution in [3.8, 4) is 0 Å². The standard InChI is InChI=1S/C10H13N2.C5H5.Fe/c1-8-7-10(12(2)11-8)9-5-3-4-6-9;1-2-4-5-3-1;/h3-6,10H,7H2,1-2H3;1-5H;/q;;+2. The molecular formula is C15H18FeN2+2. The van der Waals surface area contributed by atoms with Crippen LogP contribution in [0.1, 0.15) is 13.3 Å². The maximum absolute atomic E-state index is 4.38. The van der Waals surface area contributed by atoms with Gasteiger partial charge in [0, 0.05) is 25.1 Å². The van der Waals surface area contributed by atoms with Crippen LogP contribution in [0.2, 0.25) is 0 Å². The average Bonchev–Trinajstić information content (AvgIpc) is 2.99. The van der Waals surface area contributed by atoms with Crippen molar-refractivity contribution in [2.75, 3.05) is 7.05 Å². The number of hydrazone groups is 1. The van der Waals surface area contributed by atoms with E-state index in [1.165, 1.54) is 11.6 Å². The van der Waals surface area contributed by atoms with E-state index in [-0.39, 0.29) is 17.1 Å². The van der Waals surface area contributed by atoms with E-state index in [0.29, 0.717) is 6.04 Å². The summed E-state index contributed by atoms with van der Waals surface area (Å²) >= 11 is 0. The van der Waals surface area contributed by atoms with Gasteiger partial charge in [0.05, 0.1) is 6.04 Å². The SMILES string of the molecule is CC1=NN(C)C([C]2[CH][CH][CH][CH]2)C1.[CH]1[CH][CH][CH][CH]1.[Fe+2]. The van der Waals surface area contributed by atoms with Crippen molar-refractivity contribution in [3.63, 3.8) is 0 Å². The van der Waals surface area contributed by atoms with Crippen molar-refractivity contribution in [1.82, 2.24) is 5.01 Å². The molecule has 10 radical (unpaired) electrons. The van der Waals surface area contributed by atoms with Gasteiger partial charge in [-0.1, -0.05) is 0 Å². The van der Waals surface area contributed by atoms with E-state index in [4.69, 9.17) is 0 Å². The fraction of sp³-hybridized carbons (Fsp3) is 0.267. The quantitative estimate of drug-likeness (QED) is 0.675. The van der Waals surface area contributed by atoms with E-state index < -0.39 is 0 Å². The Morgan fingerprint density at radius 3 is 1.89 bits per heavy atom. The van der Waals surface area contributed by atoms with Gasteiger partial charge in [-0.15, -0.1) is 0 Å². The first-order valence-corrected chi connectivity index (χ1v) is 5.92. The zero-order chi connectivity index (χ0) is 12.1. The predicted molar refractivity (Wildman–Crippen MR) is 71.2 cm³/mol. The summed E-state index contributed by atoms with van der Waals surface area (Å²) in [5, 5.41) is 6.42. The molecule has 1 unspecified atom stereocenters. The second-order valence-electron chi connectivity index (χ2n) is 4.31. The van der Waals surface area contributed by atoms with Crippen molar-refractivity contribution in [2.45, 2.75) is 19.4 Å². The molecule has 18 heavy (non-hydrogen) atoms. The molecule has 3 rings (SSSR count). The van der Waals surface area contributed by atoms with E-state index in [9.17, 15) is 0 Å². The molecular weight excluding hydrogens is 264 g/mol. The van der Waals surface area contributed by atoms with Gasteiger partial charge in [-0.05, 0) is 64.7 Å². The summed E-state index contributed by atoms with van der Waals surface area (Å²) < 4.78 is 0. The molecule has 0 aromatic heterocycles. The molecule has 3 aliphatic rings. The number of nitrogens with zero attached hydrogens (tertiary/aromatic N) is 2. The van der Waals surface area contributed by atoms with E-state index in [1.807, 2.05) is 44.2 Å². The van der Waals surface area contributed by atoms with Crippen molar-refractivity contribution < 1.29 is 17.1 Å². The van der Waals surface area contributed by atoms with E-state index in [1.54, 1.807) is 0 Å². The number of hydrogen-bond acceptors (Lipinski definition) is 2. The molecule has 0 aromatic rings. The molecule has 2 nitrogen and oxygen atoms in total. The molecule has 1 heterocycles. The van der Waals surface area contributed by atoms with Gasteiger partial charge in [-0.25, -0.2) is 0 Å². The first-order chi connectivity index (χ1) is 8.27. The molecule has 0 saturated heterocycles. The van der Waals surface area contributed by atoms with E-state index in [0.717, 1.165) is 6.42 Å². The van der Waals surface area contributed by atoms with Crippen LogP contribution in [0.3, 0.4) is 0 Å². The van der Waals surface area contributed by atoms with Crippen molar-refractivity contribution in [2.24, 2.45) is 5.10 Å². The molecule has 0 bridgehead atoms. The third-order valence-corrected chi connectivity index (χ3v) is 2.90. The molecule has 2 fully saturated rings. The topological polar surface area (TPSA) is 15.6 Å². The normalized spacial score (nSPS) is 27.6. The largest absolute Gasteiger partial charge is 2.00 e. The maximum atomic E-state index is 4.38. The predicted octanol–water partition coefficient (Wildman–Crippen LogP) is 2.49. The van der Waals surface area contributed by atoms with Crippen LogP contribution < -0.4 is 0 Å². The van der Waals surface area contributed by atoms with Crippen LogP contribution in [0.15, 0.2) is 5.10 Å². The van der Waals surface area contributed by atoms with Gasteiger partial charge in [0.15, 0.2) is 0 Å². The Kier molecular flexibility index (Phi) is 7.33. The summed E-state index contributed by atoms with van der Waals surface area (Å²) in [7, 11) is 2.04. The number of hydrogen-bond donors (Lipinski definition) is 0. The van der Waals surface area contributed by atoms with Gasteiger partial charge in [-0.3, -0.25) is 5.01 Å². The van der Waals surface area contributed by atoms with Gasteiger partial charge in [0.2, 0.25) is 0 Å². The maximum Gasteiger partial charge on any atom is 2.00 e. The first-order valence-electron chi connectivity index (χ1n) is 5.92. The Morgan fingerprint density at radius 2 is 1.50 bits per heavy atom. The molecule has 2 saturated carbocycles. The van der Waals surface area contributed by atoms with Crippen molar-refractivity contribution in [1.29, 1.82) is 0 Å². The Morgan fingerprint density at radius 1 is 1.00 bits per heavy atom. The molecule has 0 amide bonds. The molecule has 2 aliphatic carbocycles. The fourth-order valence-electron chi connectivity index (χ4n) is 2.06. The molecule has 94 valence electrons. The van der Waals surface area contributed by atoms with Crippen LogP contribution in [-0.2, 0) is 17.1 Å². The Balaban J connectivity index is 0.000000230. The summed E-state index contributed by atoms with van der Waals surface area (Å²) in [6.45, 7) is 2.08. The molecule has 1 atom stereocenters. The number of rotatable bonds is 1. The van der Waals surface area contributed by atoms with Crippen LogP contribution in [0, 0.1) is 63.7 Å². The second-order valence-corrected chi connectivity index (χ2v) is 4.31. The minimum Gasteiger partial charge on any atom is -0.296 e. The molecule has 0 aromatic carbocycles. The van der Waals surface area contributed by atoms with Gasteiger partial charge < -0.3 is 0 Å². The zero-order valence-electron chi connectivity index (χ0n) is 10.7.